The molecule has 0 saturated carbocycles. The Kier molecular flexibility index (Phi) is 7.21. The number of aryl methyl sites for hydroxylation is 2. The molecule has 0 spiro atoms. The molecule has 0 aliphatic heterocycles. The van der Waals surface area contributed by atoms with E-state index in [4.69, 9.17) is 13.9 Å². The van der Waals surface area contributed by atoms with Gasteiger partial charge in [0.05, 0.1) is 27.9 Å². The molecule has 2 aromatic heterocycles. The Morgan fingerprint density at radius 3 is 1.74 bits per heavy atom. The smallest absolute Gasteiger partial charge is 0.341 e. The fraction of sp³-hybridized carbons (Fsp3) is 0.312. The number of aromatic nitrogens is 1. The van der Waals surface area contributed by atoms with Gasteiger partial charge in [-0.25, -0.2) is 9.59 Å². The van der Waals surface area contributed by atoms with Gasteiger partial charge in [0, 0.05) is 17.2 Å². The SMILES string of the molecule is Cc1nc(C)c(C(=O)OC(C)(C)C)c(-c2ccc(-c3cc(=O)c4ccccc4o3)cc2)c1C(=O)OC(C)(C)C. The van der Waals surface area contributed by atoms with E-state index in [1.165, 1.54) is 6.07 Å². The highest BCUT2D eigenvalue weighted by molar-refractivity contribution is 6.07. The summed E-state index contributed by atoms with van der Waals surface area (Å²) in [5, 5.41) is 0.504. The number of ether oxygens (including phenoxy) is 2. The fourth-order valence-electron chi connectivity index (χ4n) is 4.34. The molecule has 2 heterocycles. The zero-order valence-corrected chi connectivity index (χ0v) is 23.6. The maximum absolute atomic E-state index is 13.4. The Bertz CT molecular complexity index is 1580. The van der Waals surface area contributed by atoms with Gasteiger partial charge >= 0.3 is 11.9 Å². The van der Waals surface area contributed by atoms with Crippen molar-refractivity contribution in [1.29, 1.82) is 0 Å². The number of fused-ring (bicyclic) bond motifs is 1. The molecule has 0 amide bonds. The third-order valence-corrected chi connectivity index (χ3v) is 5.86. The molecule has 0 unspecified atom stereocenters. The van der Waals surface area contributed by atoms with Gasteiger partial charge in [0.2, 0.25) is 0 Å². The van der Waals surface area contributed by atoms with Crippen LogP contribution >= 0.6 is 0 Å². The van der Waals surface area contributed by atoms with Gasteiger partial charge < -0.3 is 13.9 Å². The zero-order chi connectivity index (χ0) is 28.7. The Morgan fingerprint density at radius 1 is 0.744 bits per heavy atom. The number of esters is 2. The molecule has 202 valence electrons. The number of benzene rings is 2. The van der Waals surface area contributed by atoms with E-state index < -0.39 is 23.1 Å². The van der Waals surface area contributed by atoms with Crippen LogP contribution in [0.15, 0.2) is 63.8 Å². The van der Waals surface area contributed by atoms with E-state index in [-0.39, 0.29) is 16.6 Å². The van der Waals surface area contributed by atoms with E-state index in [1.807, 2.05) is 6.07 Å². The minimum atomic E-state index is -0.755. The van der Waals surface area contributed by atoms with Crippen LogP contribution in [0.3, 0.4) is 0 Å². The summed E-state index contributed by atoms with van der Waals surface area (Å²) in [5.41, 5.74) is 1.75. The summed E-state index contributed by atoms with van der Waals surface area (Å²) >= 11 is 0. The first-order valence-corrected chi connectivity index (χ1v) is 12.8. The largest absolute Gasteiger partial charge is 0.456 e. The number of rotatable bonds is 4. The lowest BCUT2D eigenvalue weighted by Gasteiger charge is -2.25. The monoisotopic (exact) mass is 527 g/mol. The van der Waals surface area contributed by atoms with E-state index in [2.05, 4.69) is 4.98 Å². The average molecular weight is 528 g/mol. The predicted octanol–water partition coefficient (Wildman–Crippen LogP) is 7.05. The van der Waals surface area contributed by atoms with Gasteiger partial charge in [0.25, 0.3) is 0 Å². The van der Waals surface area contributed by atoms with Gasteiger partial charge in [-0.15, -0.1) is 0 Å². The normalized spacial score (nSPS) is 11.9. The van der Waals surface area contributed by atoms with Gasteiger partial charge in [-0.05, 0) is 73.1 Å². The lowest BCUT2D eigenvalue weighted by atomic mass is 9.91. The second kappa shape index (κ2) is 10.1. The standard InChI is InChI=1S/C32H33NO6/c1-18-26(29(35)38-31(3,4)5)28(27(19(2)33-18)30(36)39-32(6,7)8)21-15-13-20(14-16-21)25-17-23(34)22-11-9-10-12-24(22)37-25/h9-17H,1-8H3. The van der Waals surface area contributed by atoms with Crippen molar-refractivity contribution < 1.29 is 23.5 Å². The highest BCUT2D eigenvalue weighted by atomic mass is 16.6. The molecule has 39 heavy (non-hydrogen) atoms. The van der Waals surface area contributed by atoms with Crippen LogP contribution < -0.4 is 5.43 Å². The van der Waals surface area contributed by atoms with Crippen LogP contribution in [-0.2, 0) is 9.47 Å². The molecule has 4 rings (SSSR count). The summed E-state index contributed by atoms with van der Waals surface area (Å²) < 4.78 is 17.4. The molecule has 2 aromatic carbocycles. The van der Waals surface area contributed by atoms with E-state index in [0.29, 0.717) is 44.8 Å². The highest BCUT2D eigenvalue weighted by Crippen LogP contribution is 2.35. The summed E-state index contributed by atoms with van der Waals surface area (Å²) in [5.74, 6) is -0.763. The Hall–Kier alpha value is -4.26. The molecule has 0 N–H and O–H groups in total. The average Bonchev–Trinajstić information content (AvgIpc) is 2.81. The summed E-state index contributed by atoms with van der Waals surface area (Å²) in [7, 11) is 0. The number of carbonyl (C=O) groups is 2. The van der Waals surface area contributed by atoms with Crippen LogP contribution in [0.25, 0.3) is 33.4 Å². The van der Waals surface area contributed by atoms with E-state index in [0.717, 1.165) is 0 Å². The molecular weight excluding hydrogens is 494 g/mol. The highest BCUT2D eigenvalue weighted by Gasteiger charge is 2.31. The number of hydrogen-bond acceptors (Lipinski definition) is 7. The lowest BCUT2D eigenvalue weighted by molar-refractivity contribution is 0.00669. The van der Waals surface area contributed by atoms with Gasteiger partial charge in [0.1, 0.15) is 22.5 Å². The van der Waals surface area contributed by atoms with Crippen molar-refractivity contribution in [1.82, 2.24) is 4.98 Å². The molecular formula is C32H33NO6. The van der Waals surface area contributed by atoms with Gasteiger partial charge in [-0.1, -0.05) is 36.4 Å². The minimum absolute atomic E-state index is 0.143. The summed E-state index contributed by atoms with van der Waals surface area (Å²) in [6.07, 6.45) is 0. The van der Waals surface area contributed by atoms with Crippen molar-refractivity contribution in [2.45, 2.75) is 66.6 Å². The first-order chi connectivity index (χ1) is 18.1. The molecule has 0 bridgehead atoms. The molecule has 0 fully saturated rings. The fourth-order valence-corrected chi connectivity index (χ4v) is 4.34. The van der Waals surface area contributed by atoms with Crippen LogP contribution in [-0.4, -0.2) is 28.1 Å². The summed E-state index contributed by atoms with van der Waals surface area (Å²) in [4.78, 5) is 44.0. The molecule has 0 radical (unpaired) electrons. The number of hydrogen-bond donors (Lipinski definition) is 0. The third-order valence-electron chi connectivity index (χ3n) is 5.86. The van der Waals surface area contributed by atoms with Crippen molar-refractivity contribution in [2.24, 2.45) is 0 Å². The second-order valence-electron chi connectivity index (χ2n) is 11.5. The van der Waals surface area contributed by atoms with Crippen LogP contribution in [0.1, 0.15) is 73.6 Å². The molecule has 7 nitrogen and oxygen atoms in total. The van der Waals surface area contributed by atoms with E-state index >= 15 is 0 Å². The van der Waals surface area contributed by atoms with Crippen LogP contribution in [0.2, 0.25) is 0 Å². The van der Waals surface area contributed by atoms with Gasteiger partial charge in [-0.2, -0.15) is 0 Å². The molecule has 0 aliphatic carbocycles. The molecule has 4 aromatic rings. The molecule has 0 saturated heterocycles. The first-order valence-electron chi connectivity index (χ1n) is 12.8. The second-order valence-corrected chi connectivity index (χ2v) is 11.5. The Balaban J connectivity index is 1.91. The van der Waals surface area contributed by atoms with Crippen LogP contribution in [0.5, 0.6) is 0 Å². The zero-order valence-electron chi connectivity index (χ0n) is 23.6. The lowest BCUT2D eigenvalue weighted by Crippen LogP contribution is -2.28. The van der Waals surface area contributed by atoms with Crippen molar-refractivity contribution in [3.8, 4) is 22.5 Å². The minimum Gasteiger partial charge on any atom is -0.456 e. The van der Waals surface area contributed by atoms with Crippen molar-refractivity contribution in [2.75, 3.05) is 0 Å². The van der Waals surface area contributed by atoms with Crippen molar-refractivity contribution >= 4 is 22.9 Å². The molecule has 0 aliphatic rings. The quantitative estimate of drug-likeness (QED) is 0.262. The number of nitrogens with zero attached hydrogens (tertiary/aromatic N) is 1. The molecule has 7 heteroatoms. The van der Waals surface area contributed by atoms with Crippen molar-refractivity contribution in [3.63, 3.8) is 0 Å². The summed E-state index contributed by atoms with van der Waals surface area (Å²) in [6, 6.07) is 15.6. The van der Waals surface area contributed by atoms with E-state index in [1.54, 1.807) is 97.9 Å². The Labute approximate surface area is 227 Å². The van der Waals surface area contributed by atoms with Gasteiger partial charge in [-0.3, -0.25) is 9.78 Å². The Morgan fingerprint density at radius 2 is 1.23 bits per heavy atom. The van der Waals surface area contributed by atoms with Crippen LogP contribution in [0, 0.1) is 13.8 Å². The van der Waals surface area contributed by atoms with Crippen LogP contribution in [0.4, 0.5) is 0 Å². The molecule has 0 atom stereocenters. The van der Waals surface area contributed by atoms with Gasteiger partial charge in [0.15, 0.2) is 5.43 Å². The number of carbonyl (C=O) groups excluding carboxylic acids is 2. The topological polar surface area (TPSA) is 95.7 Å². The first kappa shape index (κ1) is 27.8. The summed E-state index contributed by atoms with van der Waals surface area (Å²) in [6.45, 7) is 14.1. The maximum Gasteiger partial charge on any atom is 0.341 e. The number of pyridine rings is 1. The third kappa shape index (κ3) is 6.08. The van der Waals surface area contributed by atoms with Crippen molar-refractivity contribution in [3.05, 3.63) is 87.3 Å². The van der Waals surface area contributed by atoms with E-state index in [9.17, 15) is 14.4 Å². The maximum atomic E-state index is 13.4. The predicted molar refractivity (Wildman–Crippen MR) is 151 cm³/mol. The number of para-hydroxylation sites is 1.